The Hall–Kier alpha value is -3.88. The van der Waals surface area contributed by atoms with Gasteiger partial charge < -0.3 is 9.84 Å². The lowest BCUT2D eigenvalue weighted by atomic mass is 10.1. The molecule has 0 saturated heterocycles. The molecule has 0 aliphatic carbocycles. The summed E-state index contributed by atoms with van der Waals surface area (Å²) >= 11 is 0. The molecule has 158 valence electrons. The minimum absolute atomic E-state index is 0.220. The molecule has 0 aliphatic heterocycles. The normalized spacial score (nSPS) is 11.0. The van der Waals surface area contributed by atoms with Gasteiger partial charge in [0.1, 0.15) is 5.82 Å². The molecule has 1 amide bonds. The van der Waals surface area contributed by atoms with Gasteiger partial charge in [-0.1, -0.05) is 35.5 Å². The molecule has 8 nitrogen and oxygen atoms in total. The largest absolute Gasteiger partial charge is 0.334 e. The second-order valence-corrected chi connectivity index (χ2v) is 7.16. The third-order valence-corrected chi connectivity index (χ3v) is 4.96. The first-order valence-electron chi connectivity index (χ1n) is 9.84. The first kappa shape index (κ1) is 20.4. The van der Waals surface area contributed by atoms with Gasteiger partial charge in [0, 0.05) is 17.7 Å². The second-order valence-electron chi connectivity index (χ2n) is 7.16. The van der Waals surface area contributed by atoms with Crippen molar-refractivity contribution >= 4 is 11.6 Å². The van der Waals surface area contributed by atoms with E-state index in [1.54, 1.807) is 29.8 Å². The number of halogens is 1. The highest BCUT2D eigenvalue weighted by Gasteiger charge is 2.18. The maximum Gasteiger partial charge on any atom is 0.278 e. The van der Waals surface area contributed by atoms with E-state index in [9.17, 15) is 9.18 Å². The molecule has 0 radical (unpaired) electrons. The van der Waals surface area contributed by atoms with Crippen LogP contribution in [-0.4, -0.2) is 31.0 Å². The minimum atomic E-state index is -0.372. The maximum atomic E-state index is 13.1. The van der Waals surface area contributed by atoms with Crippen molar-refractivity contribution in [1.82, 2.24) is 25.1 Å². The predicted octanol–water partition coefficient (Wildman–Crippen LogP) is 3.95. The fraction of sp³-hybridized carbons (Fsp3) is 0.227. The molecule has 4 rings (SSSR count). The van der Waals surface area contributed by atoms with E-state index in [0.29, 0.717) is 41.6 Å². The van der Waals surface area contributed by atoms with Crippen molar-refractivity contribution in [2.24, 2.45) is 0 Å². The van der Waals surface area contributed by atoms with Crippen LogP contribution < -0.4 is 5.32 Å². The van der Waals surface area contributed by atoms with Gasteiger partial charge in [0.05, 0.1) is 12.2 Å². The predicted molar refractivity (Wildman–Crippen MR) is 112 cm³/mol. The lowest BCUT2D eigenvalue weighted by molar-refractivity contribution is 0.102. The van der Waals surface area contributed by atoms with Crippen LogP contribution in [0.25, 0.3) is 11.5 Å². The van der Waals surface area contributed by atoms with E-state index in [1.807, 2.05) is 26.0 Å². The molecule has 31 heavy (non-hydrogen) atoms. The monoisotopic (exact) mass is 420 g/mol. The molecule has 0 bridgehead atoms. The number of aryl methyl sites for hydroxylation is 2. The van der Waals surface area contributed by atoms with E-state index in [1.165, 1.54) is 12.1 Å². The first-order chi connectivity index (χ1) is 14.9. The van der Waals surface area contributed by atoms with E-state index in [4.69, 9.17) is 4.52 Å². The van der Waals surface area contributed by atoms with Gasteiger partial charge >= 0.3 is 0 Å². The molecule has 0 atom stereocenters. The number of amides is 1. The summed E-state index contributed by atoms with van der Waals surface area (Å²) in [5, 5.41) is 14.9. The van der Waals surface area contributed by atoms with Crippen molar-refractivity contribution in [1.29, 1.82) is 0 Å². The molecule has 9 heteroatoms. The van der Waals surface area contributed by atoms with Gasteiger partial charge in [-0.25, -0.2) is 9.07 Å². The summed E-state index contributed by atoms with van der Waals surface area (Å²) in [6, 6.07) is 11.6. The number of rotatable bonds is 6. The van der Waals surface area contributed by atoms with Crippen molar-refractivity contribution < 1.29 is 13.7 Å². The highest BCUT2D eigenvalue weighted by Crippen LogP contribution is 2.25. The molecule has 0 saturated carbocycles. The third kappa shape index (κ3) is 4.35. The van der Waals surface area contributed by atoms with Gasteiger partial charge in [-0.05, 0) is 49.2 Å². The Kier molecular flexibility index (Phi) is 5.57. The number of aromatic nitrogens is 5. The fourth-order valence-corrected chi connectivity index (χ4v) is 3.07. The number of nitrogens with zero attached hydrogens (tertiary/aromatic N) is 5. The number of hydrogen-bond acceptors (Lipinski definition) is 6. The Balaban J connectivity index is 1.54. The zero-order valence-corrected chi connectivity index (χ0v) is 17.4. The Morgan fingerprint density at radius 2 is 1.94 bits per heavy atom. The maximum absolute atomic E-state index is 13.1. The van der Waals surface area contributed by atoms with Crippen molar-refractivity contribution in [2.45, 2.75) is 33.7 Å². The van der Waals surface area contributed by atoms with Crippen LogP contribution in [0.1, 0.15) is 40.1 Å². The van der Waals surface area contributed by atoms with Crippen LogP contribution in [0.3, 0.4) is 0 Å². The van der Waals surface area contributed by atoms with Crippen molar-refractivity contribution in [3.63, 3.8) is 0 Å². The molecule has 0 aliphatic rings. The van der Waals surface area contributed by atoms with Crippen LogP contribution in [0.5, 0.6) is 0 Å². The number of anilines is 1. The fourth-order valence-electron chi connectivity index (χ4n) is 3.07. The van der Waals surface area contributed by atoms with Crippen LogP contribution in [0.15, 0.2) is 47.0 Å². The van der Waals surface area contributed by atoms with E-state index in [2.05, 4.69) is 25.8 Å². The minimum Gasteiger partial charge on any atom is -0.334 e. The van der Waals surface area contributed by atoms with Crippen molar-refractivity contribution in [3.8, 4) is 11.5 Å². The summed E-state index contributed by atoms with van der Waals surface area (Å²) < 4.78 is 20.0. The van der Waals surface area contributed by atoms with Crippen LogP contribution in [-0.2, 0) is 13.0 Å². The van der Waals surface area contributed by atoms with Crippen molar-refractivity contribution in [3.05, 3.63) is 76.6 Å². The number of carbonyl (C=O) groups is 1. The van der Waals surface area contributed by atoms with E-state index < -0.39 is 0 Å². The summed E-state index contributed by atoms with van der Waals surface area (Å²) in [6.45, 7) is 5.99. The zero-order chi connectivity index (χ0) is 22.0. The number of benzene rings is 2. The number of hydrogen-bond donors (Lipinski definition) is 1. The molecular weight excluding hydrogens is 399 g/mol. The average molecular weight is 420 g/mol. The standard InChI is InChI=1S/C22H21FN6O2/c1-4-19-25-22(31-27-19)16-8-5-13(2)18(11-16)24-21(30)20-14(3)29(28-26-20)12-15-6-9-17(23)10-7-15/h5-11H,4,12H2,1-3H3,(H,24,30). The first-order valence-corrected chi connectivity index (χ1v) is 9.84. The lowest BCUT2D eigenvalue weighted by Crippen LogP contribution is -2.15. The van der Waals surface area contributed by atoms with Gasteiger partial charge in [-0.2, -0.15) is 4.98 Å². The molecule has 0 unspecified atom stereocenters. The zero-order valence-electron chi connectivity index (χ0n) is 17.4. The van der Waals surface area contributed by atoms with Gasteiger partial charge in [-0.15, -0.1) is 5.10 Å². The van der Waals surface area contributed by atoms with E-state index >= 15 is 0 Å². The van der Waals surface area contributed by atoms with E-state index in [0.717, 1.165) is 11.1 Å². The molecule has 1 N–H and O–H groups in total. The molecule has 4 aromatic rings. The summed E-state index contributed by atoms with van der Waals surface area (Å²) in [6.07, 6.45) is 0.672. The second kappa shape index (κ2) is 8.47. The Morgan fingerprint density at radius 3 is 2.65 bits per heavy atom. The summed E-state index contributed by atoms with van der Waals surface area (Å²) in [5.41, 5.74) is 3.90. The van der Waals surface area contributed by atoms with Crippen LogP contribution >= 0.6 is 0 Å². The summed E-state index contributed by atoms with van der Waals surface area (Å²) in [4.78, 5) is 17.2. The molecule has 0 fully saturated rings. The highest BCUT2D eigenvalue weighted by molar-refractivity contribution is 6.04. The lowest BCUT2D eigenvalue weighted by Gasteiger charge is -2.09. The van der Waals surface area contributed by atoms with Gasteiger partial charge in [0.15, 0.2) is 11.5 Å². The SMILES string of the molecule is CCc1noc(-c2ccc(C)c(NC(=O)c3nnn(Cc4ccc(F)cc4)c3C)c2)n1. The van der Waals surface area contributed by atoms with Crippen LogP contribution in [0.2, 0.25) is 0 Å². The molecule has 0 spiro atoms. The quantitative estimate of drug-likeness (QED) is 0.507. The topological polar surface area (TPSA) is 98.7 Å². The van der Waals surface area contributed by atoms with Crippen LogP contribution in [0.4, 0.5) is 10.1 Å². The van der Waals surface area contributed by atoms with Crippen molar-refractivity contribution in [2.75, 3.05) is 5.32 Å². The molecule has 2 aromatic heterocycles. The average Bonchev–Trinajstić information content (AvgIpc) is 3.38. The summed E-state index contributed by atoms with van der Waals surface area (Å²) in [5.74, 6) is 0.342. The Labute approximate surface area is 178 Å². The van der Waals surface area contributed by atoms with Gasteiger partial charge in [-0.3, -0.25) is 4.79 Å². The molecule has 2 heterocycles. The Morgan fingerprint density at radius 1 is 1.16 bits per heavy atom. The number of carbonyl (C=O) groups excluding carboxylic acids is 1. The molecular formula is C22H21FN6O2. The van der Waals surface area contributed by atoms with Gasteiger partial charge in [0.2, 0.25) is 0 Å². The van der Waals surface area contributed by atoms with Gasteiger partial charge in [0.25, 0.3) is 11.8 Å². The Bertz CT molecular complexity index is 1230. The van der Waals surface area contributed by atoms with Crippen LogP contribution in [0, 0.1) is 19.7 Å². The van der Waals surface area contributed by atoms with E-state index in [-0.39, 0.29) is 17.4 Å². The summed E-state index contributed by atoms with van der Waals surface area (Å²) in [7, 11) is 0. The third-order valence-electron chi connectivity index (χ3n) is 4.96. The highest BCUT2D eigenvalue weighted by atomic mass is 19.1. The number of nitrogens with one attached hydrogen (secondary N) is 1. The molecule has 2 aromatic carbocycles. The smallest absolute Gasteiger partial charge is 0.278 e.